The summed E-state index contributed by atoms with van der Waals surface area (Å²) < 4.78 is 57.0. The summed E-state index contributed by atoms with van der Waals surface area (Å²) in [5, 5.41) is 0. The summed E-state index contributed by atoms with van der Waals surface area (Å²) in [7, 11) is -7.82. The Labute approximate surface area is 200 Å². The molecule has 0 unspecified atom stereocenters. The number of unbranched alkanes of at least 4 members (excludes halogenated alkanes) is 1. The highest BCUT2D eigenvalue weighted by Gasteiger charge is 2.20. The SMILES string of the molecule is CCCCSc1ccc(NS(=O)(=O)c2ccc(C)cc2)c(NS(=O)(=O)c2ccc(C)cc2)c1. The van der Waals surface area contributed by atoms with E-state index < -0.39 is 20.0 Å². The molecule has 0 saturated carbocycles. The van der Waals surface area contributed by atoms with Crippen LogP contribution in [0.25, 0.3) is 0 Å². The van der Waals surface area contributed by atoms with Crippen LogP contribution in [0.1, 0.15) is 30.9 Å². The van der Waals surface area contributed by atoms with Crippen LogP contribution in [0.3, 0.4) is 0 Å². The molecule has 6 nitrogen and oxygen atoms in total. The van der Waals surface area contributed by atoms with E-state index in [1.165, 1.54) is 24.3 Å². The quantitative estimate of drug-likeness (QED) is 0.269. The van der Waals surface area contributed by atoms with Crippen LogP contribution >= 0.6 is 11.8 Å². The zero-order valence-corrected chi connectivity index (χ0v) is 21.3. The van der Waals surface area contributed by atoms with Crippen molar-refractivity contribution < 1.29 is 16.8 Å². The molecule has 0 fully saturated rings. The molecule has 9 heteroatoms. The van der Waals surface area contributed by atoms with Crippen molar-refractivity contribution in [1.82, 2.24) is 0 Å². The molecule has 0 spiro atoms. The van der Waals surface area contributed by atoms with Crippen molar-refractivity contribution in [2.24, 2.45) is 0 Å². The molecule has 0 aliphatic heterocycles. The number of benzene rings is 3. The average molecular weight is 505 g/mol. The maximum Gasteiger partial charge on any atom is 0.261 e. The third-order valence-corrected chi connectivity index (χ3v) is 8.75. The van der Waals surface area contributed by atoms with E-state index in [1.54, 1.807) is 54.2 Å². The minimum absolute atomic E-state index is 0.0989. The third kappa shape index (κ3) is 6.75. The summed E-state index contributed by atoms with van der Waals surface area (Å²) in [6.45, 7) is 5.85. The molecular weight excluding hydrogens is 476 g/mol. The fraction of sp³-hybridized carbons (Fsp3) is 0.250. The monoisotopic (exact) mass is 504 g/mol. The van der Waals surface area contributed by atoms with Gasteiger partial charge >= 0.3 is 0 Å². The molecule has 0 aliphatic carbocycles. The van der Waals surface area contributed by atoms with Crippen LogP contribution in [0.2, 0.25) is 0 Å². The Hall–Kier alpha value is -2.49. The molecule has 2 N–H and O–H groups in total. The van der Waals surface area contributed by atoms with Gasteiger partial charge in [0.15, 0.2) is 0 Å². The summed E-state index contributed by atoms with van der Waals surface area (Å²) >= 11 is 1.60. The highest BCUT2D eigenvalue weighted by molar-refractivity contribution is 7.99. The van der Waals surface area contributed by atoms with Gasteiger partial charge in [0.2, 0.25) is 0 Å². The summed E-state index contributed by atoms with van der Waals surface area (Å²) in [6.07, 6.45) is 2.07. The molecule has 3 rings (SSSR count). The van der Waals surface area contributed by atoms with Crippen molar-refractivity contribution in [1.29, 1.82) is 0 Å². The Morgan fingerprint density at radius 2 is 1.18 bits per heavy atom. The molecule has 0 heterocycles. The normalized spacial score (nSPS) is 11.8. The fourth-order valence-electron chi connectivity index (χ4n) is 2.96. The Kier molecular flexibility index (Phi) is 8.10. The second kappa shape index (κ2) is 10.6. The van der Waals surface area contributed by atoms with Crippen LogP contribution in [0.4, 0.5) is 11.4 Å². The molecular formula is C24H28N2O4S3. The van der Waals surface area contributed by atoms with Gasteiger partial charge in [-0.05, 0) is 68.5 Å². The number of sulfonamides is 2. The summed E-state index contributed by atoms with van der Waals surface area (Å²) in [5.41, 5.74) is 2.21. The van der Waals surface area contributed by atoms with Gasteiger partial charge in [-0.3, -0.25) is 9.44 Å². The fourth-order valence-corrected chi connectivity index (χ4v) is 6.15. The van der Waals surface area contributed by atoms with Gasteiger partial charge < -0.3 is 0 Å². The molecule has 0 bridgehead atoms. The lowest BCUT2D eigenvalue weighted by Crippen LogP contribution is -2.17. The van der Waals surface area contributed by atoms with E-state index in [0.717, 1.165) is 34.6 Å². The molecule has 0 aliphatic rings. The Balaban J connectivity index is 1.97. The van der Waals surface area contributed by atoms with Crippen LogP contribution in [-0.4, -0.2) is 22.6 Å². The van der Waals surface area contributed by atoms with E-state index in [2.05, 4.69) is 16.4 Å². The van der Waals surface area contributed by atoms with E-state index in [1.807, 2.05) is 13.8 Å². The average Bonchev–Trinajstić information content (AvgIpc) is 2.76. The van der Waals surface area contributed by atoms with Crippen LogP contribution in [-0.2, 0) is 20.0 Å². The molecule has 0 aromatic heterocycles. The maximum absolute atomic E-state index is 13.0. The van der Waals surface area contributed by atoms with Crippen LogP contribution in [0.5, 0.6) is 0 Å². The van der Waals surface area contributed by atoms with Crippen molar-refractivity contribution in [2.75, 3.05) is 15.2 Å². The summed E-state index contributed by atoms with van der Waals surface area (Å²) in [6, 6.07) is 18.0. The molecule has 33 heavy (non-hydrogen) atoms. The minimum atomic E-state index is -3.91. The molecule has 176 valence electrons. The predicted molar refractivity (Wildman–Crippen MR) is 136 cm³/mol. The number of nitrogens with one attached hydrogen (secondary N) is 2. The lowest BCUT2D eigenvalue weighted by molar-refractivity contribution is 0.599. The Morgan fingerprint density at radius 3 is 1.67 bits per heavy atom. The highest BCUT2D eigenvalue weighted by Crippen LogP contribution is 2.32. The largest absolute Gasteiger partial charge is 0.277 e. The number of rotatable bonds is 10. The highest BCUT2D eigenvalue weighted by atomic mass is 32.2. The molecule has 0 saturated heterocycles. The number of hydrogen-bond donors (Lipinski definition) is 2. The zero-order chi connectivity index (χ0) is 24.1. The first-order valence-corrected chi connectivity index (χ1v) is 14.5. The van der Waals surface area contributed by atoms with Crippen molar-refractivity contribution in [2.45, 2.75) is 48.3 Å². The third-order valence-electron chi connectivity index (χ3n) is 4.91. The Bertz CT molecular complexity index is 1300. The lowest BCUT2D eigenvalue weighted by Gasteiger charge is -2.16. The topological polar surface area (TPSA) is 92.3 Å². The van der Waals surface area contributed by atoms with Crippen LogP contribution in [0, 0.1) is 13.8 Å². The van der Waals surface area contributed by atoms with Crippen LogP contribution < -0.4 is 9.44 Å². The molecule has 3 aromatic carbocycles. The van der Waals surface area contributed by atoms with Gasteiger partial charge in [-0.25, -0.2) is 16.8 Å². The van der Waals surface area contributed by atoms with Gasteiger partial charge in [-0.1, -0.05) is 48.7 Å². The second-order valence-electron chi connectivity index (χ2n) is 7.75. The second-order valence-corrected chi connectivity index (χ2v) is 12.3. The lowest BCUT2D eigenvalue weighted by atomic mass is 10.2. The van der Waals surface area contributed by atoms with Gasteiger partial charge in [0.05, 0.1) is 21.2 Å². The molecule has 0 radical (unpaired) electrons. The Morgan fingerprint density at radius 1 is 0.697 bits per heavy atom. The van der Waals surface area contributed by atoms with Gasteiger partial charge in [0.25, 0.3) is 20.0 Å². The van der Waals surface area contributed by atoms with E-state index in [-0.39, 0.29) is 21.2 Å². The van der Waals surface area contributed by atoms with Crippen molar-refractivity contribution in [3.05, 3.63) is 77.9 Å². The first-order chi connectivity index (χ1) is 15.6. The molecule has 0 atom stereocenters. The van der Waals surface area contributed by atoms with E-state index >= 15 is 0 Å². The first-order valence-electron chi connectivity index (χ1n) is 10.6. The van der Waals surface area contributed by atoms with Gasteiger partial charge in [0, 0.05) is 4.90 Å². The van der Waals surface area contributed by atoms with Gasteiger partial charge in [-0.15, -0.1) is 11.8 Å². The molecule has 0 amide bonds. The summed E-state index contributed by atoms with van der Waals surface area (Å²) in [4.78, 5) is 1.05. The van der Waals surface area contributed by atoms with Crippen LogP contribution in [0.15, 0.2) is 81.4 Å². The van der Waals surface area contributed by atoms with E-state index in [0.29, 0.717) is 0 Å². The number of aryl methyl sites for hydroxylation is 2. The zero-order valence-electron chi connectivity index (χ0n) is 18.8. The summed E-state index contributed by atoms with van der Waals surface area (Å²) in [5.74, 6) is 0.884. The smallest absolute Gasteiger partial charge is 0.261 e. The minimum Gasteiger partial charge on any atom is -0.277 e. The van der Waals surface area contributed by atoms with Gasteiger partial charge in [0.1, 0.15) is 0 Å². The molecule has 3 aromatic rings. The number of anilines is 2. The number of thioether (sulfide) groups is 1. The first kappa shape index (κ1) is 25.1. The van der Waals surface area contributed by atoms with Crippen molar-refractivity contribution in [3.63, 3.8) is 0 Å². The predicted octanol–water partition coefficient (Wildman–Crippen LogP) is 5.80. The maximum atomic E-state index is 13.0. The van der Waals surface area contributed by atoms with Gasteiger partial charge in [-0.2, -0.15) is 0 Å². The van der Waals surface area contributed by atoms with E-state index in [4.69, 9.17) is 0 Å². The number of hydrogen-bond acceptors (Lipinski definition) is 5. The standard InChI is InChI=1S/C24H28N2O4S3/c1-4-5-16-31-20-10-15-23(25-32(27,28)21-11-6-18(2)7-12-21)24(17-20)26-33(29,30)22-13-8-19(3)9-14-22/h6-15,17,25-26H,4-5,16H2,1-3H3. The van der Waals surface area contributed by atoms with Crippen molar-refractivity contribution >= 4 is 43.2 Å². The van der Waals surface area contributed by atoms with E-state index in [9.17, 15) is 16.8 Å². The van der Waals surface area contributed by atoms with Crippen molar-refractivity contribution in [3.8, 4) is 0 Å².